The standard InChI is InChI=1S/C17H26N4O3/c1-11-4-3-5-12(2)21(11)10-13(22)14-6-7-16(24-14)20-9-8-15(18)19-17(20)23/h8-9,11-12,14,16H,3-7,10H2,1-2H3,(H2,18,19,23)/t11?,12?,14-,16+/m0/s1. The van der Waals surface area contributed by atoms with E-state index in [1.54, 1.807) is 12.3 Å². The van der Waals surface area contributed by atoms with Gasteiger partial charge in [0.15, 0.2) is 5.78 Å². The number of rotatable bonds is 4. The number of hydrogen-bond acceptors (Lipinski definition) is 6. The van der Waals surface area contributed by atoms with E-state index in [1.165, 1.54) is 11.0 Å². The number of Topliss-reactive ketones (excluding diaryl/α,β-unsaturated/α-hetero) is 1. The lowest BCUT2D eigenvalue weighted by molar-refractivity contribution is -0.134. The summed E-state index contributed by atoms with van der Waals surface area (Å²) in [6.45, 7) is 4.79. The number of ether oxygens (including phenoxy) is 1. The molecule has 3 rings (SSSR count). The molecule has 2 unspecified atom stereocenters. The van der Waals surface area contributed by atoms with Crippen LogP contribution >= 0.6 is 0 Å². The average Bonchev–Trinajstić information content (AvgIpc) is 3.00. The Morgan fingerprint density at radius 1 is 1.29 bits per heavy atom. The molecule has 0 aromatic carbocycles. The minimum absolute atomic E-state index is 0.106. The fraction of sp³-hybridized carbons (Fsp3) is 0.706. The van der Waals surface area contributed by atoms with E-state index in [0.29, 0.717) is 31.5 Å². The molecular formula is C17H26N4O3. The number of nitrogens with zero attached hydrogens (tertiary/aromatic N) is 3. The summed E-state index contributed by atoms with van der Waals surface area (Å²) in [5, 5.41) is 0. The minimum atomic E-state index is -0.444. The molecule has 0 amide bonds. The molecule has 1 aromatic rings. The molecule has 2 saturated heterocycles. The van der Waals surface area contributed by atoms with Gasteiger partial charge in [-0.25, -0.2) is 4.79 Å². The van der Waals surface area contributed by atoms with Gasteiger partial charge in [-0.15, -0.1) is 0 Å². The first-order valence-electron chi connectivity index (χ1n) is 8.74. The van der Waals surface area contributed by atoms with Crippen molar-refractivity contribution in [3.05, 3.63) is 22.7 Å². The minimum Gasteiger partial charge on any atom is -0.383 e. The monoisotopic (exact) mass is 334 g/mol. The molecule has 2 N–H and O–H groups in total. The summed E-state index contributed by atoms with van der Waals surface area (Å²) in [6.07, 6.45) is 5.47. The molecule has 0 aliphatic carbocycles. The Balaban J connectivity index is 1.62. The number of anilines is 1. The number of carbonyl (C=O) groups excluding carboxylic acids is 1. The van der Waals surface area contributed by atoms with Crippen LogP contribution in [0, 0.1) is 0 Å². The fourth-order valence-electron chi connectivity index (χ4n) is 3.77. The normalized spacial score (nSPS) is 31.2. The van der Waals surface area contributed by atoms with E-state index in [1.807, 2.05) is 0 Å². The van der Waals surface area contributed by atoms with Gasteiger partial charge in [0.25, 0.3) is 0 Å². The van der Waals surface area contributed by atoms with E-state index >= 15 is 0 Å². The topological polar surface area (TPSA) is 90.5 Å². The van der Waals surface area contributed by atoms with Crippen molar-refractivity contribution < 1.29 is 9.53 Å². The van der Waals surface area contributed by atoms with Crippen LogP contribution in [0.4, 0.5) is 5.82 Å². The number of nitrogen functional groups attached to an aromatic ring is 1. The molecule has 0 bridgehead atoms. The third kappa shape index (κ3) is 3.52. The van der Waals surface area contributed by atoms with Crippen molar-refractivity contribution in [3.63, 3.8) is 0 Å². The van der Waals surface area contributed by atoms with Gasteiger partial charge < -0.3 is 10.5 Å². The van der Waals surface area contributed by atoms with Crippen LogP contribution in [0.2, 0.25) is 0 Å². The smallest absolute Gasteiger partial charge is 0.351 e. The molecule has 0 radical (unpaired) electrons. The second-order valence-corrected chi connectivity index (χ2v) is 6.97. The van der Waals surface area contributed by atoms with Gasteiger partial charge in [0.1, 0.15) is 18.1 Å². The molecule has 24 heavy (non-hydrogen) atoms. The first kappa shape index (κ1) is 17.1. The van der Waals surface area contributed by atoms with Gasteiger partial charge in [-0.1, -0.05) is 6.42 Å². The molecule has 4 atom stereocenters. The lowest BCUT2D eigenvalue weighted by Crippen LogP contribution is -2.48. The summed E-state index contributed by atoms with van der Waals surface area (Å²) in [5.41, 5.74) is 5.07. The molecule has 7 nitrogen and oxygen atoms in total. The van der Waals surface area contributed by atoms with Gasteiger partial charge in [-0.2, -0.15) is 4.98 Å². The summed E-state index contributed by atoms with van der Waals surface area (Å²) in [7, 11) is 0. The van der Waals surface area contributed by atoms with Gasteiger partial charge in [0.2, 0.25) is 0 Å². The Kier molecular flexibility index (Phi) is 5.01. The van der Waals surface area contributed by atoms with E-state index in [9.17, 15) is 9.59 Å². The number of piperidine rings is 1. The molecular weight excluding hydrogens is 308 g/mol. The number of likely N-dealkylation sites (tertiary alicyclic amines) is 1. The van der Waals surface area contributed by atoms with Crippen LogP contribution in [-0.4, -0.2) is 45.0 Å². The van der Waals surface area contributed by atoms with E-state index in [2.05, 4.69) is 23.7 Å². The summed E-state index contributed by atoms with van der Waals surface area (Å²) in [5.74, 6) is 0.296. The van der Waals surface area contributed by atoms with Crippen molar-refractivity contribution in [1.29, 1.82) is 0 Å². The molecule has 3 heterocycles. The predicted molar refractivity (Wildman–Crippen MR) is 90.5 cm³/mol. The molecule has 2 aliphatic rings. The third-order valence-corrected chi connectivity index (χ3v) is 5.23. The van der Waals surface area contributed by atoms with Crippen LogP contribution in [0.5, 0.6) is 0 Å². The van der Waals surface area contributed by atoms with Crippen molar-refractivity contribution in [2.24, 2.45) is 0 Å². The van der Waals surface area contributed by atoms with Gasteiger partial charge in [-0.05, 0) is 45.6 Å². The van der Waals surface area contributed by atoms with Crippen molar-refractivity contribution in [1.82, 2.24) is 14.5 Å². The van der Waals surface area contributed by atoms with Crippen LogP contribution in [0.15, 0.2) is 17.1 Å². The zero-order valence-electron chi connectivity index (χ0n) is 14.4. The number of hydrogen-bond donors (Lipinski definition) is 1. The number of ketones is 1. The van der Waals surface area contributed by atoms with E-state index < -0.39 is 18.0 Å². The highest BCUT2D eigenvalue weighted by atomic mass is 16.5. The Morgan fingerprint density at radius 3 is 2.67 bits per heavy atom. The van der Waals surface area contributed by atoms with E-state index in [-0.39, 0.29) is 11.6 Å². The predicted octanol–water partition coefficient (Wildman–Crippen LogP) is 1.34. The van der Waals surface area contributed by atoms with Crippen LogP contribution in [0.3, 0.4) is 0 Å². The average molecular weight is 334 g/mol. The highest BCUT2D eigenvalue weighted by Crippen LogP contribution is 2.29. The Bertz CT molecular complexity index is 649. The maximum atomic E-state index is 12.6. The van der Waals surface area contributed by atoms with E-state index in [0.717, 1.165) is 12.8 Å². The molecule has 2 fully saturated rings. The van der Waals surface area contributed by atoms with Gasteiger partial charge in [0, 0.05) is 18.3 Å². The van der Waals surface area contributed by atoms with Gasteiger partial charge in [-0.3, -0.25) is 14.3 Å². The van der Waals surface area contributed by atoms with Crippen LogP contribution in [0.1, 0.15) is 52.2 Å². The quantitative estimate of drug-likeness (QED) is 0.893. The second kappa shape index (κ2) is 7.03. The highest BCUT2D eigenvalue weighted by Gasteiger charge is 2.35. The largest absolute Gasteiger partial charge is 0.383 e. The Labute approximate surface area is 141 Å². The lowest BCUT2D eigenvalue weighted by atomic mass is 9.96. The molecule has 0 spiro atoms. The second-order valence-electron chi connectivity index (χ2n) is 6.97. The maximum Gasteiger partial charge on any atom is 0.351 e. The van der Waals surface area contributed by atoms with Gasteiger partial charge in [0.05, 0.1) is 6.54 Å². The zero-order chi connectivity index (χ0) is 17.3. The molecule has 2 aliphatic heterocycles. The summed E-state index contributed by atoms with van der Waals surface area (Å²) in [4.78, 5) is 30.5. The van der Waals surface area contributed by atoms with Crippen molar-refractivity contribution in [2.75, 3.05) is 12.3 Å². The first-order valence-corrected chi connectivity index (χ1v) is 8.74. The number of carbonyl (C=O) groups is 1. The maximum absolute atomic E-state index is 12.6. The van der Waals surface area contributed by atoms with Crippen LogP contribution in [0.25, 0.3) is 0 Å². The SMILES string of the molecule is CC1CCCC(C)N1CC(=O)[C@@H]1CC[C@H](n2ccc(N)nc2=O)O1. The summed E-state index contributed by atoms with van der Waals surface area (Å²) >= 11 is 0. The summed E-state index contributed by atoms with van der Waals surface area (Å²) in [6, 6.07) is 2.43. The summed E-state index contributed by atoms with van der Waals surface area (Å²) < 4.78 is 7.26. The Hall–Kier alpha value is -1.73. The lowest BCUT2D eigenvalue weighted by Gasteiger charge is -2.38. The van der Waals surface area contributed by atoms with E-state index in [4.69, 9.17) is 10.5 Å². The zero-order valence-corrected chi connectivity index (χ0v) is 14.4. The van der Waals surface area contributed by atoms with Crippen molar-refractivity contribution in [2.45, 2.75) is 70.4 Å². The fourth-order valence-corrected chi connectivity index (χ4v) is 3.77. The first-order chi connectivity index (χ1) is 11.5. The Morgan fingerprint density at radius 2 is 2.00 bits per heavy atom. The molecule has 132 valence electrons. The molecule has 0 saturated carbocycles. The molecule has 1 aromatic heterocycles. The van der Waals surface area contributed by atoms with Crippen LogP contribution < -0.4 is 11.4 Å². The van der Waals surface area contributed by atoms with Crippen molar-refractivity contribution in [3.8, 4) is 0 Å². The number of aromatic nitrogens is 2. The number of nitrogens with two attached hydrogens (primary N) is 1. The molecule has 7 heteroatoms. The third-order valence-electron chi connectivity index (χ3n) is 5.23. The van der Waals surface area contributed by atoms with Crippen molar-refractivity contribution >= 4 is 11.6 Å². The van der Waals surface area contributed by atoms with Crippen LogP contribution in [-0.2, 0) is 9.53 Å². The highest BCUT2D eigenvalue weighted by molar-refractivity contribution is 5.85. The van der Waals surface area contributed by atoms with Gasteiger partial charge >= 0.3 is 5.69 Å².